The van der Waals surface area contributed by atoms with Crippen LogP contribution in [0.2, 0.25) is 10.0 Å². The molecule has 0 fully saturated rings. The molecule has 236 valence electrons. The number of nitrogens with zero attached hydrogens (tertiary/aromatic N) is 2. The number of carbonyl (C=O) groups is 2. The molecule has 0 aliphatic heterocycles. The fourth-order valence-electron chi connectivity index (χ4n) is 4.74. The van der Waals surface area contributed by atoms with Gasteiger partial charge in [-0.25, -0.2) is 8.42 Å². The minimum Gasteiger partial charge on any atom is -0.352 e. The number of benzene rings is 4. The van der Waals surface area contributed by atoms with Gasteiger partial charge in [-0.15, -0.1) is 0 Å². The van der Waals surface area contributed by atoms with E-state index in [4.69, 9.17) is 23.2 Å². The van der Waals surface area contributed by atoms with Gasteiger partial charge in [0.1, 0.15) is 12.6 Å². The van der Waals surface area contributed by atoms with Gasteiger partial charge in [-0.3, -0.25) is 13.9 Å². The van der Waals surface area contributed by atoms with Gasteiger partial charge in [0.15, 0.2) is 0 Å². The molecule has 4 aromatic carbocycles. The Morgan fingerprint density at radius 2 is 1.51 bits per heavy atom. The van der Waals surface area contributed by atoms with Gasteiger partial charge >= 0.3 is 0 Å². The normalized spacial score (nSPS) is 12.6. The van der Waals surface area contributed by atoms with Crippen molar-refractivity contribution in [2.24, 2.45) is 0 Å². The number of halogens is 3. The second kappa shape index (κ2) is 15.8. The smallest absolute Gasteiger partial charge is 0.264 e. The number of anilines is 1. The van der Waals surface area contributed by atoms with Gasteiger partial charge in [0, 0.05) is 28.5 Å². The van der Waals surface area contributed by atoms with E-state index in [1.54, 1.807) is 18.2 Å². The lowest BCUT2D eigenvalue weighted by Crippen LogP contribution is -2.54. The maximum Gasteiger partial charge on any atom is 0.264 e. The van der Waals surface area contributed by atoms with E-state index >= 15 is 0 Å². The molecular formula is C34H34BrCl2N3O4S. The summed E-state index contributed by atoms with van der Waals surface area (Å²) in [5, 5.41) is 3.40. The summed E-state index contributed by atoms with van der Waals surface area (Å²) in [6.07, 6.45) is 0.914. The van der Waals surface area contributed by atoms with Crippen LogP contribution in [0.4, 0.5) is 5.69 Å². The van der Waals surface area contributed by atoms with E-state index in [0.29, 0.717) is 11.4 Å². The first-order valence-electron chi connectivity index (χ1n) is 14.4. The maximum absolute atomic E-state index is 14.5. The minimum atomic E-state index is -4.28. The Bertz CT molecular complexity index is 1730. The van der Waals surface area contributed by atoms with Crippen LogP contribution in [0.3, 0.4) is 0 Å². The average Bonchev–Trinajstić information content (AvgIpc) is 3.02. The Balaban J connectivity index is 1.83. The summed E-state index contributed by atoms with van der Waals surface area (Å²) in [6.45, 7) is 3.30. The van der Waals surface area contributed by atoms with Crippen LogP contribution >= 0.6 is 39.1 Å². The summed E-state index contributed by atoms with van der Waals surface area (Å²) in [5.41, 5.74) is 1.70. The van der Waals surface area contributed by atoms with E-state index < -0.39 is 28.5 Å². The molecule has 45 heavy (non-hydrogen) atoms. The van der Waals surface area contributed by atoms with Crippen molar-refractivity contribution in [3.8, 4) is 0 Å². The van der Waals surface area contributed by atoms with Crippen molar-refractivity contribution < 1.29 is 18.0 Å². The van der Waals surface area contributed by atoms with Crippen molar-refractivity contribution in [1.82, 2.24) is 10.2 Å². The number of hydrogen-bond acceptors (Lipinski definition) is 4. The van der Waals surface area contributed by atoms with Gasteiger partial charge in [-0.2, -0.15) is 0 Å². The highest BCUT2D eigenvalue weighted by molar-refractivity contribution is 9.10. The molecule has 0 aliphatic carbocycles. The average molecular weight is 732 g/mol. The molecule has 0 aliphatic rings. The van der Waals surface area contributed by atoms with Crippen molar-refractivity contribution in [2.75, 3.05) is 10.8 Å². The zero-order chi connectivity index (χ0) is 32.6. The fourth-order valence-corrected chi connectivity index (χ4v) is 7.21. The minimum absolute atomic E-state index is 0.0160. The predicted octanol–water partition coefficient (Wildman–Crippen LogP) is 7.51. The second-order valence-electron chi connectivity index (χ2n) is 10.6. The van der Waals surface area contributed by atoms with Crippen molar-refractivity contribution in [1.29, 1.82) is 0 Å². The van der Waals surface area contributed by atoms with Gasteiger partial charge in [-0.05, 0) is 66.9 Å². The molecule has 2 atom stereocenters. The molecule has 2 amide bonds. The van der Waals surface area contributed by atoms with Crippen LogP contribution in [-0.2, 0) is 32.6 Å². The van der Waals surface area contributed by atoms with Crippen molar-refractivity contribution in [3.05, 3.63) is 129 Å². The highest BCUT2D eigenvalue weighted by Gasteiger charge is 2.35. The number of nitrogens with one attached hydrogen (secondary N) is 1. The van der Waals surface area contributed by atoms with E-state index in [9.17, 15) is 18.0 Å². The zero-order valence-corrected chi connectivity index (χ0v) is 28.8. The summed E-state index contributed by atoms with van der Waals surface area (Å²) in [6, 6.07) is 28.0. The number of rotatable bonds is 13. The summed E-state index contributed by atoms with van der Waals surface area (Å²) in [5.74, 6) is -0.917. The fraction of sp³-hybridized carbons (Fsp3) is 0.235. The molecule has 0 unspecified atom stereocenters. The van der Waals surface area contributed by atoms with Crippen LogP contribution in [0.25, 0.3) is 0 Å². The molecule has 4 aromatic rings. The topological polar surface area (TPSA) is 86.8 Å². The molecule has 0 aromatic heterocycles. The molecule has 11 heteroatoms. The van der Waals surface area contributed by atoms with Crippen LogP contribution < -0.4 is 9.62 Å². The molecule has 0 spiro atoms. The first-order valence-corrected chi connectivity index (χ1v) is 17.4. The third-order valence-electron chi connectivity index (χ3n) is 7.30. The zero-order valence-electron chi connectivity index (χ0n) is 24.9. The van der Waals surface area contributed by atoms with Gasteiger partial charge < -0.3 is 10.2 Å². The summed E-state index contributed by atoms with van der Waals surface area (Å²) >= 11 is 16.2. The number of carbonyl (C=O) groups excluding carboxylic acids is 2. The van der Waals surface area contributed by atoms with Crippen LogP contribution in [0.15, 0.2) is 112 Å². The molecular weight excluding hydrogens is 697 g/mol. The van der Waals surface area contributed by atoms with Gasteiger partial charge in [0.2, 0.25) is 11.8 Å². The summed E-state index contributed by atoms with van der Waals surface area (Å²) in [4.78, 5) is 29.9. The number of amides is 2. The molecule has 0 radical (unpaired) electrons. The first-order chi connectivity index (χ1) is 21.5. The second-order valence-corrected chi connectivity index (χ2v) is 14.2. The maximum atomic E-state index is 14.5. The number of sulfonamides is 1. The Kier molecular flexibility index (Phi) is 12.1. The third-order valence-corrected chi connectivity index (χ3v) is 10.1. The van der Waals surface area contributed by atoms with Crippen molar-refractivity contribution in [2.45, 2.75) is 50.2 Å². The third kappa shape index (κ3) is 9.10. The van der Waals surface area contributed by atoms with E-state index in [2.05, 4.69) is 21.2 Å². The van der Waals surface area contributed by atoms with Crippen LogP contribution in [0.1, 0.15) is 31.4 Å². The van der Waals surface area contributed by atoms with Gasteiger partial charge in [0.05, 0.1) is 15.6 Å². The molecule has 0 saturated heterocycles. The van der Waals surface area contributed by atoms with E-state index in [-0.39, 0.29) is 40.5 Å². The number of hydrogen-bond donors (Lipinski definition) is 1. The lowest BCUT2D eigenvalue weighted by Gasteiger charge is -2.34. The highest BCUT2D eigenvalue weighted by Crippen LogP contribution is 2.33. The standard InChI is InChI=1S/C34H34BrCl2N3O4S/c1-3-24(2)38-34(42)32(20-25-11-6-4-7-12-25)39(22-26-13-10-14-27(35)19-26)33(41)23-40(31-18-17-28(36)21-30(31)37)45(43,44)29-15-8-5-9-16-29/h4-19,21,24,32H,3,20,22-23H2,1-2H3,(H,38,42)/t24-,32+/m0/s1. The lowest BCUT2D eigenvalue weighted by molar-refractivity contribution is -0.140. The van der Waals surface area contributed by atoms with Crippen molar-refractivity contribution in [3.63, 3.8) is 0 Å². The predicted molar refractivity (Wildman–Crippen MR) is 184 cm³/mol. The van der Waals surface area contributed by atoms with Gasteiger partial charge in [-0.1, -0.05) is 107 Å². The molecule has 0 saturated carbocycles. The molecule has 1 N–H and O–H groups in total. The van der Waals surface area contributed by atoms with E-state index in [1.165, 1.54) is 35.2 Å². The largest absolute Gasteiger partial charge is 0.352 e. The van der Waals surface area contributed by atoms with Crippen LogP contribution in [0, 0.1) is 0 Å². The molecule has 0 bridgehead atoms. The van der Waals surface area contributed by atoms with E-state index in [0.717, 1.165) is 19.9 Å². The van der Waals surface area contributed by atoms with Crippen LogP contribution in [-0.4, -0.2) is 43.8 Å². The quantitative estimate of drug-likeness (QED) is 0.154. The van der Waals surface area contributed by atoms with Crippen molar-refractivity contribution >= 4 is 66.7 Å². The lowest BCUT2D eigenvalue weighted by atomic mass is 10.0. The SMILES string of the molecule is CC[C@H](C)NC(=O)[C@@H](Cc1ccccc1)N(Cc1cccc(Br)c1)C(=O)CN(c1ccc(Cl)cc1Cl)S(=O)(=O)c1ccccc1. The molecule has 7 nitrogen and oxygen atoms in total. The monoisotopic (exact) mass is 729 g/mol. The summed E-state index contributed by atoms with van der Waals surface area (Å²) < 4.78 is 30.0. The van der Waals surface area contributed by atoms with Gasteiger partial charge in [0.25, 0.3) is 10.0 Å². The Morgan fingerprint density at radius 3 is 2.13 bits per heavy atom. The summed E-state index contributed by atoms with van der Waals surface area (Å²) in [7, 11) is -4.28. The Morgan fingerprint density at radius 1 is 0.867 bits per heavy atom. The highest BCUT2D eigenvalue weighted by atomic mass is 79.9. The van der Waals surface area contributed by atoms with E-state index in [1.807, 2.05) is 68.4 Å². The molecule has 4 rings (SSSR count). The first kappa shape index (κ1) is 34.5. The Hall–Kier alpha value is -3.37. The molecule has 0 heterocycles. The Labute approximate surface area is 283 Å². The van der Waals surface area contributed by atoms with Crippen LogP contribution in [0.5, 0.6) is 0 Å².